The summed E-state index contributed by atoms with van der Waals surface area (Å²) in [5.41, 5.74) is -2.86. The van der Waals surface area contributed by atoms with Gasteiger partial charge in [-0.25, -0.2) is 4.74 Å². The SMILES string of the molecule is O=C(Nc1cc2c(cc1O)C(F)(F)OC2(F)F)c1ccncc1Cl. The number of fused-ring (bicyclic) bond motifs is 1. The van der Waals surface area contributed by atoms with E-state index < -0.39 is 40.7 Å². The first-order valence-electron chi connectivity index (χ1n) is 6.36. The van der Waals surface area contributed by atoms with E-state index in [2.05, 4.69) is 15.0 Å². The van der Waals surface area contributed by atoms with Crippen LogP contribution < -0.4 is 5.32 Å². The summed E-state index contributed by atoms with van der Waals surface area (Å²) in [6.07, 6.45) is -6.07. The zero-order valence-electron chi connectivity index (χ0n) is 11.5. The van der Waals surface area contributed by atoms with Crippen LogP contribution in [0.15, 0.2) is 30.6 Å². The number of pyridine rings is 1. The average molecular weight is 363 g/mol. The third kappa shape index (κ3) is 2.65. The van der Waals surface area contributed by atoms with E-state index in [0.29, 0.717) is 12.1 Å². The number of aromatic hydroxyl groups is 1. The van der Waals surface area contributed by atoms with Gasteiger partial charge in [-0.15, -0.1) is 0 Å². The number of nitrogens with one attached hydrogen (secondary N) is 1. The highest BCUT2D eigenvalue weighted by Crippen LogP contribution is 2.53. The molecule has 1 aromatic carbocycles. The molecule has 1 aliphatic rings. The number of rotatable bonds is 2. The van der Waals surface area contributed by atoms with Crippen molar-refractivity contribution < 1.29 is 32.2 Å². The van der Waals surface area contributed by atoms with Crippen LogP contribution in [-0.4, -0.2) is 16.0 Å². The van der Waals surface area contributed by atoms with Crippen molar-refractivity contribution in [2.75, 3.05) is 5.32 Å². The van der Waals surface area contributed by atoms with Gasteiger partial charge in [-0.3, -0.25) is 9.78 Å². The van der Waals surface area contributed by atoms with Crippen molar-refractivity contribution in [3.05, 3.63) is 52.3 Å². The molecule has 126 valence electrons. The second-order valence-corrected chi connectivity index (χ2v) is 5.27. The molecule has 0 bridgehead atoms. The maximum atomic E-state index is 13.5. The van der Waals surface area contributed by atoms with Crippen LogP contribution in [-0.2, 0) is 17.0 Å². The fourth-order valence-corrected chi connectivity index (χ4v) is 2.40. The summed E-state index contributed by atoms with van der Waals surface area (Å²) < 4.78 is 57.3. The van der Waals surface area contributed by atoms with Gasteiger partial charge in [-0.1, -0.05) is 11.6 Å². The molecule has 0 saturated carbocycles. The number of hydrogen-bond acceptors (Lipinski definition) is 4. The molecule has 1 amide bonds. The van der Waals surface area contributed by atoms with Crippen molar-refractivity contribution in [2.45, 2.75) is 12.2 Å². The number of alkyl halides is 4. The van der Waals surface area contributed by atoms with E-state index in [1.165, 1.54) is 18.5 Å². The average Bonchev–Trinajstić information content (AvgIpc) is 2.65. The van der Waals surface area contributed by atoms with Gasteiger partial charge in [0.05, 0.1) is 27.4 Å². The smallest absolute Gasteiger partial charge is 0.388 e. The van der Waals surface area contributed by atoms with Crippen molar-refractivity contribution in [3.8, 4) is 5.75 Å². The Bertz CT molecular complexity index is 845. The zero-order valence-corrected chi connectivity index (χ0v) is 12.2. The summed E-state index contributed by atoms with van der Waals surface area (Å²) in [5.74, 6) is -1.67. The van der Waals surface area contributed by atoms with E-state index in [1.807, 2.05) is 0 Å². The molecule has 3 rings (SSSR count). The van der Waals surface area contributed by atoms with Gasteiger partial charge < -0.3 is 10.4 Å². The number of carbonyl (C=O) groups excluding carboxylic acids is 1. The number of hydrogen-bond donors (Lipinski definition) is 2. The Balaban J connectivity index is 2.00. The molecule has 0 aliphatic carbocycles. The number of aromatic nitrogens is 1. The molecule has 0 saturated heterocycles. The van der Waals surface area contributed by atoms with Crippen molar-refractivity contribution >= 4 is 23.2 Å². The lowest BCUT2D eigenvalue weighted by molar-refractivity contribution is -0.369. The van der Waals surface area contributed by atoms with Crippen LogP contribution >= 0.6 is 11.6 Å². The summed E-state index contributed by atoms with van der Waals surface area (Å²) >= 11 is 5.78. The lowest BCUT2D eigenvalue weighted by atomic mass is 10.1. The fraction of sp³-hybridized carbons (Fsp3) is 0.143. The van der Waals surface area contributed by atoms with Crippen LogP contribution in [0.1, 0.15) is 21.5 Å². The largest absolute Gasteiger partial charge is 0.506 e. The molecular formula is C14H7ClF4N2O3. The van der Waals surface area contributed by atoms with Gasteiger partial charge in [0, 0.05) is 12.4 Å². The normalized spacial score (nSPS) is 17.4. The summed E-state index contributed by atoms with van der Waals surface area (Å²) in [5, 5.41) is 11.9. The van der Waals surface area contributed by atoms with Crippen LogP contribution in [0, 0.1) is 0 Å². The minimum absolute atomic E-state index is 0.0177. The Kier molecular flexibility index (Phi) is 3.65. The molecule has 0 unspecified atom stereocenters. The molecule has 0 spiro atoms. The van der Waals surface area contributed by atoms with Crippen molar-refractivity contribution in [3.63, 3.8) is 0 Å². The number of nitrogens with zero attached hydrogens (tertiary/aromatic N) is 1. The maximum absolute atomic E-state index is 13.5. The van der Waals surface area contributed by atoms with E-state index in [1.54, 1.807) is 0 Å². The van der Waals surface area contributed by atoms with Crippen LogP contribution in [0.4, 0.5) is 23.2 Å². The Morgan fingerprint density at radius 1 is 1.21 bits per heavy atom. The zero-order chi connectivity index (χ0) is 17.7. The number of benzene rings is 1. The highest BCUT2D eigenvalue weighted by atomic mass is 35.5. The van der Waals surface area contributed by atoms with Gasteiger partial charge in [0.15, 0.2) is 0 Å². The fourth-order valence-electron chi connectivity index (χ4n) is 2.19. The Morgan fingerprint density at radius 2 is 1.83 bits per heavy atom. The number of phenolic OH excluding ortho intramolecular Hbond substituents is 1. The molecule has 2 heterocycles. The number of phenols is 1. The van der Waals surface area contributed by atoms with E-state index >= 15 is 0 Å². The molecule has 10 heteroatoms. The van der Waals surface area contributed by atoms with Crippen LogP contribution in [0.3, 0.4) is 0 Å². The summed E-state index contributed by atoms with van der Waals surface area (Å²) in [6, 6.07) is 2.20. The summed E-state index contributed by atoms with van der Waals surface area (Å²) in [4.78, 5) is 15.7. The van der Waals surface area contributed by atoms with Gasteiger partial charge in [0.2, 0.25) is 0 Å². The molecule has 0 fully saturated rings. The van der Waals surface area contributed by atoms with Gasteiger partial charge in [0.1, 0.15) is 5.75 Å². The molecule has 1 aromatic heterocycles. The van der Waals surface area contributed by atoms with Crippen molar-refractivity contribution in [1.82, 2.24) is 4.98 Å². The van der Waals surface area contributed by atoms with Gasteiger partial charge in [0.25, 0.3) is 5.91 Å². The van der Waals surface area contributed by atoms with Crippen LogP contribution in [0.5, 0.6) is 5.75 Å². The van der Waals surface area contributed by atoms with Crippen molar-refractivity contribution in [2.24, 2.45) is 0 Å². The molecule has 0 atom stereocenters. The first kappa shape index (κ1) is 16.5. The van der Waals surface area contributed by atoms with Crippen LogP contribution in [0.2, 0.25) is 5.02 Å². The summed E-state index contributed by atoms with van der Waals surface area (Å²) in [7, 11) is 0. The lowest BCUT2D eigenvalue weighted by Gasteiger charge is -2.12. The highest BCUT2D eigenvalue weighted by Gasteiger charge is 2.57. The van der Waals surface area contributed by atoms with Gasteiger partial charge in [-0.2, -0.15) is 17.6 Å². The van der Waals surface area contributed by atoms with E-state index in [-0.39, 0.29) is 10.6 Å². The predicted molar refractivity (Wildman–Crippen MR) is 74.2 cm³/mol. The Hall–Kier alpha value is -2.39. The van der Waals surface area contributed by atoms with Gasteiger partial charge in [-0.05, 0) is 18.2 Å². The topological polar surface area (TPSA) is 71.5 Å². The van der Waals surface area contributed by atoms with E-state index in [0.717, 1.165) is 0 Å². The van der Waals surface area contributed by atoms with Crippen LogP contribution in [0.25, 0.3) is 0 Å². The Morgan fingerprint density at radius 3 is 2.46 bits per heavy atom. The number of halogens is 5. The monoisotopic (exact) mass is 362 g/mol. The number of amides is 1. The second-order valence-electron chi connectivity index (χ2n) is 4.86. The minimum atomic E-state index is -4.26. The van der Waals surface area contributed by atoms with E-state index in [4.69, 9.17) is 11.6 Å². The predicted octanol–water partition coefficient (Wildman–Crippen LogP) is 3.82. The first-order chi connectivity index (χ1) is 11.1. The standard InChI is InChI=1S/C14H7ClF4N2O3/c15-9-5-20-2-1-6(9)12(23)21-10-3-7-8(4-11(10)22)14(18,19)24-13(7,16)17/h1-5,22H,(H,21,23). The number of carbonyl (C=O) groups is 1. The lowest BCUT2D eigenvalue weighted by Crippen LogP contribution is -2.17. The highest BCUT2D eigenvalue weighted by molar-refractivity contribution is 6.34. The number of ether oxygens (including phenoxy) is 1. The molecular weight excluding hydrogens is 356 g/mol. The second kappa shape index (κ2) is 5.32. The third-order valence-electron chi connectivity index (χ3n) is 3.28. The molecule has 24 heavy (non-hydrogen) atoms. The van der Waals surface area contributed by atoms with Crippen molar-refractivity contribution in [1.29, 1.82) is 0 Å². The van der Waals surface area contributed by atoms with Gasteiger partial charge >= 0.3 is 12.2 Å². The van der Waals surface area contributed by atoms with E-state index in [9.17, 15) is 27.5 Å². The quantitative estimate of drug-likeness (QED) is 0.629. The Labute approximate surface area is 136 Å². The maximum Gasteiger partial charge on any atom is 0.388 e. The summed E-state index contributed by atoms with van der Waals surface area (Å²) in [6.45, 7) is 0. The molecule has 5 nitrogen and oxygen atoms in total. The number of anilines is 1. The first-order valence-corrected chi connectivity index (χ1v) is 6.74. The third-order valence-corrected chi connectivity index (χ3v) is 3.59. The minimum Gasteiger partial charge on any atom is -0.506 e. The molecule has 2 N–H and O–H groups in total. The molecule has 1 aliphatic heterocycles. The molecule has 2 aromatic rings. The molecule has 0 radical (unpaired) electrons.